The van der Waals surface area contributed by atoms with E-state index in [1.54, 1.807) is 11.3 Å². The van der Waals surface area contributed by atoms with Crippen molar-refractivity contribution >= 4 is 11.3 Å². The molecule has 0 radical (unpaired) electrons. The van der Waals surface area contributed by atoms with Gasteiger partial charge in [-0.05, 0) is 22.4 Å². The highest BCUT2D eigenvalue weighted by Crippen LogP contribution is 2.09. The van der Waals surface area contributed by atoms with Crippen LogP contribution >= 0.6 is 11.3 Å². The van der Waals surface area contributed by atoms with Gasteiger partial charge in [0.25, 0.3) is 0 Å². The Morgan fingerprint density at radius 2 is 2.55 bits per heavy atom. The van der Waals surface area contributed by atoms with E-state index >= 15 is 0 Å². The zero-order valence-electron chi connectivity index (χ0n) is 6.25. The average molecular weight is 169 g/mol. The Morgan fingerprint density at radius 1 is 1.64 bits per heavy atom. The number of rotatable bonds is 3. The Morgan fingerprint density at radius 3 is 3.09 bits per heavy atom. The van der Waals surface area contributed by atoms with Crippen LogP contribution in [0, 0.1) is 0 Å². The summed E-state index contributed by atoms with van der Waals surface area (Å²) in [7, 11) is 0. The quantitative estimate of drug-likeness (QED) is 0.735. The van der Waals surface area contributed by atoms with Crippen molar-refractivity contribution in [3.63, 3.8) is 0 Å². The zero-order chi connectivity index (χ0) is 7.52. The van der Waals surface area contributed by atoms with Crippen LogP contribution in [0.15, 0.2) is 16.8 Å². The molecule has 0 saturated carbocycles. The molecule has 1 saturated heterocycles. The van der Waals surface area contributed by atoms with Crippen molar-refractivity contribution in [2.45, 2.75) is 12.7 Å². The Bertz CT molecular complexity index is 206. The van der Waals surface area contributed by atoms with Crippen molar-refractivity contribution in [2.24, 2.45) is 0 Å². The smallest absolute Gasteiger partial charge is 0.0828 e. The number of thiophene rings is 1. The van der Waals surface area contributed by atoms with Crippen LogP contribution in [0.25, 0.3) is 0 Å². The molecule has 1 fully saturated rings. The lowest BCUT2D eigenvalue weighted by Gasteiger charge is -2.26. The molecular formula is C8H11NOS. The second-order valence-corrected chi connectivity index (χ2v) is 3.50. The maximum absolute atomic E-state index is 5.57. The number of nitrogens with one attached hydrogen (secondary N) is 1. The maximum Gasteiger partial charge on any atom is 0.0828 e. The molecule has 1 aromatic rings. The molecule has 0 aliphatic carbocycles. The minimum absolute atomic E-state index is 0.454. The Labute approximate surface area is 70.2 Å². The Hall–Kier alpha value is -0.380. The summed E-state index contributed by atoms with van der Waals surface area (Å²) in [5.41, 5.74) is 1.29. The number of hydrogen-bond donors (Lipinski definition) is 1. The molecule has 11 heavy (non-hydrogen) atoms. The van der Waals surface area contributed by atoms with Crippen LogP contribution in [-0.2, 0) is 11.3 Å². The van der Waals surface area contributed by atoms with Crippen molar-refractivity contribution in [3.05, 3.63) is 22.4 Å². The third kappa shape index (κ3) is 1.80. The Kier molecular flexibility index (Phi) is 2.21. The van der Waals surface area contributed by atoms with Gasteiger partial charge in [-0.2, -0.15) is 11.3 Å². The molecule has 0 unspecified atom stereocenters. The van der Waals surface area contributed by atoms with Crippen molar-refractivity contribution in [3.8, 4) is 0 Å². The van der Waals surface area contributed by atoms with E-state index in [2.05, 4.69) is 22.1 Å². The molecule has 0 spiro atoms. The molecular weight excluding hydrogens is 158 g/mol. The van der Waals surface area contributed by atoms with Crippen molar-refractivity contribution in [1.29, 1.82) is 0 Å². The van der Waals surface area contributed by atoms with Crippen LogP contribution in [0.5, 0.6) is 0 Å². The maximum atomic E-state index is 5.57. The fourth-order valence-electron chi connectivity index (χ4n) is 0.969. The van der Waals surface area contributed by atoms with E-state index in [1.807, 2.05) is 0 Å². The van der Waals surface area contributed by atoms with Gasteiger partial charge in [-0.25, -0.2) is 0 Å². The fraction of sp³-hybridized carbons (Fsp3) is 0.500. The van der Waals surface area contributed by atoms with Crippen LogP contribution in [-0.4, -0.2) is 19.2 Å². The largest absolute Gasteiger partial charge is 0.371 e. The van der Waals surface area contributed by atoms with Gasteiger partial charge >= 0.3 is 0 Å². The standard InChI is InChI=1S/C8H11NOS/c1-2-11-6-7(1)5-10-8-3-9-4-8/h1-2,6,8-9H,3-5H2. The summed E-state index contributed by atoms with van der Waals surface area (Å²) in [4.78, 5) is 0. The molecule has 1 N–H and O–H groups in total. The van der Waals surface area contributed by atoms with Gasteiger partial charge in [-0.3, -0.25) is 0 Å². The first-order chi connectivity index (χ1) is 5.45. The summed E-state index contributed by atoms with van der Waals surface area (Å²) < 4.78 is 5.57. The van der Waals surface area contributed by atoms with Crippen molar-refractivity contribution in [2.75, 3.05) is 13.1 Å². The molecule has 0 amide bonds. The van der Waals surface area contributed by atoms with Gasteiger partial charge in [0.2, 0.25) is 0 Å². The molecule has 2 rings (SSSR count). The molecule has 0 bridgehead atoms. The average Bonchev–Trinajstić information content (AvgIpc) is 2.36. The first-order valence-corrected chi connectivity index (χ1v) is 4.73. The number of hydrogen-bond acceptors (Lipinski definition) is 3. The second-order valence-electron chi connectivity index (χ2n) is 2.72. The first-order valence-electron chi connectivity index (χ1n) is 3.78. The molecule has 60 valence electrons. The summed E-state index contributed by atoms with van der Waals surface area (Å²) in [6, 6.07) is 2.11. The highest BCUT2D eigenvalue weighted by molar-refractivity contribution is 7.07. The summed E-state index contributed by atoms with van der Waals surface area (Å²) in [6.45, 7) is 2.81. The second kappa shape index (κ2) is 3.34. The van der Waals surface area contributed by atoms with E-state index in [0.29, 0.717) is 6.10 Å². The lowest BCUT2D eigenvalue weighted by atomic mass is 10.2. The molecule has 2 heterocycles. The molecule has 1 aliphatic rings. The van der Waals surface area contributed by atoms with Gasteiger partial charge in [0, 0.05) is 13.1 Å². The SMILES string of the molecule is c1cc(COC2CNC2)cs1. The normalized spacial score (nSPS) is 18.2. The fourth-order valence-corrected chi connectivity index (χ4v) is 1.62. The summed E-state index contributed by atoms with van der Waals surface area (Å²) >= 11 is 1.72. The van der Waals surface area contributed by atoms with Gasteiger partial charge in [0.1, 0.15) is 0 Å². The Balaban J connectivity index is 1.74. The van der Waals surface area contributed by atoms with E-state index in [-0.39, 0.29) is 0 Å². The lowest BCUT2D eigenvalue weighted by molar-refractivity contribution is 0.00773. The summed E-state index contributed by atoms with van der Waals surface area (Å²) in [5.74, 6) is 0. The third-order valence-corrected chi connectivity index (χ3v) is 2.54. The van der Waals surface area contributed by atoms with Crippen molar-refractivity contribution in [1.82, 2.24) is 5.32 Å². The number of ether oxygens (including phenoxy) is 1. The van der Waals surface area contributed by atoms with E-state index in [0.717, 1.165) is 19.7 Å². The molecule has 2 nitrogen and oxygen atoms in total. The van der Waals surface area contributed by atoms with Gasteiger partial charge in [-0.15, -0.1) is 0 Å². The first kappa shape index (κ1) is 7.28. The van der Waals surface area contributed by atoms with Crippen molar-refractivity contribution < 1.29 is 4.74 Å². The van der Waals surface area contributed by atoms with Gasteiger partial charge in [0.05, 0.1) is 12.7 Å². The van der Waals surface area contributed by atoms with Crippen LogP contribution < -0.4 is 5.32 Å². The highest BCUT2D eigenvalue weighted by atomic mass is 32.1. The monoisotopic (exact) mass is 169 g/mol. The molecule has 1 aromatic heterocycles. The van der Waals surface area contributed by atoms with E-state index in [1.165, 1.54) is 5.56 Å². The van der Waals surface area contributed by atoms with E-state index in [9.17, 15) is 0 Å². The molecule has 3 heteroatoms. The predicted molar refractivity (Wildman–Crippen MR) is 45.8 cm³/mol. The van der Waals surface area contributed by atoms with Crippen LogP contribution in [0.3, 0.4) is 0 Å². The lowest BCUT2D eigenvalue weighted by Crippen LogP contribution is -2.48. The minimum Gasteiger partial charge on any atom is -0.371 e. The zero-order valence-corrected chi connectivity index (χ0v) is 7.06. The summed E-state index contributed by atoms with van der Waals surface area (Å²) in [6.07, 6.45) is 0.454. The highest BCUT2D eigenvalue weighted by Gasteiger charge is 2.16. The van der Waals surface area contributed by atoms with Crippen LogP contribution in [0.4, 0.5) is 0 Å². The van der Waals surface area contributed by atoms with Gasteiger partial charge < -0.3 is 10.1 Å². The molecule has 0 aromatic carbocycles. The predicted octanol–water partition coefficient (Wildman–Crippen LogP) is 1.24. The summed E-state index contributed by atoms with van der Waals surface area (Å²) in [5, 5.41) is 7.38. The van der Waals surface area contributed by atoms with E-state index in [4.69, 9.17) is 4.74 Å². The molecule has 0 atom stereocenters. The minimum atomic E-state index is 0.454. The third-order valence-electron chi connectivity index (χ3n) is 1.81. The topological polar surface area (TPSA) is 21.3 Å². The van der Waals surface area contributed by atoms with Gasteiger partial charge in [0.15, 0.2) is 0 Å². The van der Waals surface area contributed by atoms with Crippen LogP contribution in [0.2, 0.25) is 0 Å². The van der Waals surface area contributed by atoms with Crippen LogP contribution in [0.1, 0.15) is 5.56 Å². The van der Waals surface area contributed by atoms with Gasteiger partial charge in [-0.1, -0.05) is 0 Å². The van der Waals surface area contributed by atoms with E-state index < -0.39 is 0 Å². The molecule has 1 aliphatic heterocycles.